The molecular formula is C13H15N5O7. The first kappa shape index (κ1) is 18.2. The minimum atomic E-state index is -2.36. The first-order valence-corrected chi connectivity index (χ1v) is 6.86. The van der Waals surface area contributed by atoms with Gasteiger partial charge in [-0.2, -0.15) is 10.2 Å². The first-order chi connectivity index (χ1) is 11.8. The summed E-state index contributed by atoms with van der Waals surface area (Å²) in [7, 11) is 0. The van der Waals surface area contributed by atoms with Gasteiger partial charge in [0.05, 0.1) is 6.61 Å². The molecule has 2 heterocycles. The van der Waals surface area contributed by atoms with E-state index in [1.54, 1.807) is 6.07 Å². The third-order valence-corrected chi connectivity index (χ3v) is 3.38. The molecule has 25 heavy (non-hydrogen) atoms. The second-order valence-electron chi connectivity index (χ2n) is 5.02. The summed E-state index contributed by atoms with van der Waals surface area (Å²) < 4.78 is 10.6. The van der Waals surface area contributed by atoms with Crippen molar-refractivity contribution in [2.24, 2.45) is 5.73 Å². The standard InChI is InChI=1S/C13H15N5O7/c14-5-13(18-2-1-8(16)17-12(18)23)10(21)9(20)7(25-13)4-24-11(22)6(15)3-19/h1-2,6,10,19-21H,3-4,15H2,(H2,16,17,23)/t6-,10?,13-/m1/s1. The summed E-state index contributed by atoms with van der Waals surface area (Å²) in [4.78, 5) is 26.8. The minimum absolute atomic E-state index is 0.119. The Morgan fingerprint density at radius 1 is 1.64 bits per heavy atom. The number of aliphatic hydroxyl groups excluding tert-OH is 3. The van der Waals surface area contributed by atoms with Gasteiger partial charge in [0.15, 0.2) is 24.2 Å². The number of hydrogen-bond acceptors (Lipinski definition) is 11. The lowest BCUT2D eigenvalue weighted by atomic mass is 10.1. The summed E-state index contributed by atoms with van der Waals surface area (Å²) in [5, 5.41) is 38.3. The number of carbonyl (C=O) groups is 1. The van der Waals surface area contributed by atoms with Crippen molar-refractivity contribution in [1.82, 2.24) is 9.55 Å². The maximum absolute atomic E-state index is 11.9. The SMILES string of the molecule is N#C[C@@]1(n2ccc(N)nc2=O)OC(COC(=O)[C@H](N)CO)=C(O)C1O. The van der Waals surface area contributed by atoms with E-state index < -0.39 is 54.3 Å². The van der Waals surface area contributed by atoms with Gasteiger partial charge in [0.2, 0.25) is 0 Å². The molecule has 2 rings (SSSR count). The van der Waals surface area contributed by atoms with Crippen molar-refractivity contribution in [3.8, 4) is 6.07 Å². The second kappa shape index (κ2) is 6.77. The number of hydrogen-bond donors (Lipinski definition) is 5. The van der Waals surface area contributed by atoms with E-state index in [1.165, 1.54) is 6.07 Å². The largest absolute Gasteiger partial charge is 0.506 e. The van der Waals surface area contributed by atoms with Gasteiger partial charge in [0, 0.05) is 6.20 Å². The summed E-state index contributed by atoms with van der Waals surface area (Å²) in [5.74, 6) is -2.39. The number of aliphatic hydroxyl groups is 3. The summed E-state index contributed by atoms with van der Waals surface area (Å²) in [5.41, 5.74) is 7.25. The van der Waals surface area contributed by atoms with Crippen LogP contribution in [-0.4, -0.2) is 56.2 Å². The Balaban J connectivity index is 2.29. The molecule has 0 saturated heterocycles. The number of anilines is 1. The number of esters is 1. The van der Waals surface area contributed by atoms with E-state index in [4.69, 9.17) is 26.0 Å². The van der Waals surface area contributed by atoms with Gasteiger partial charge in [0.1, 0.15) is 17.9 Å². The molecule has 1 aromatic rings. The van der Waals surface area contributed by atoms with Gasteiger partial charge in [-0.1, -0.05) is 0 Å². The molecule has 0 bridgehead atoms. The number of rotatable bonds is 5. The predicted molar refractivity (Wildman–Crippen MR) is 79.3 cm³/mol. The van der Waals surface area contributed by atoms with Crippen molar-refractivity contribution < 1.29 is 29.6 Å². The van der Waals surface area contributed by atoms with Crippen molar-refractivity contribution in [3.63, 3.8) is 0 Å². The van der Waals surface area contributed by atoms with Crippen molar-refractivity contribution in [2.75, 3.05) is 18.9 Å². The maximum Gasteiger partial charge on any atom is 0.353 e. The Bertz CT molecular complexity index is 814. The van der Waals surface area contributed by atoms with Crippen LogP contribution in [0.4, 0.5) is 5.82 Å². The van der Waals surface area contributed by atoms with E-state index in [0.29, 0.717) is 4.57 Å². The molecule has 134 valence electrons. The van der Waals surface area contributed by atoms with Crippen molar-refractivity contribution >= 4 is 11.8 Å². The smallest absolute Gasteiger partial charge is 0.353 e. The van der Waals surface area contributed by atoms with Gasteiger partial charge < -0.3 is 36.3 Å². The highest BCUT2D eigenvalue weighted by Crippen LogP contribution is 2.36. The summed E-state index contributed by atoms with van der Waals surface area (Å²) in [6, 6.07) is 1.47. The molecule has 3 atom stereocenters. The van der Waals surface area contributed by atoms with Gasteiger partial charge in [-0.3, -0.25) is 4.79 Å². The summed E-state index contributed by atoms with van der Waals surface area (Å²) >= 11 is 0. The number of carbonyl (C=O) groups excluding carboxylic acids is 1. The average Bonchev–Trinajstić information content (AvgIpc) is 2.84. The zero-order valence-corrected chi connectivity index (χ0v) is 12.7. The molecule has 0 amide bonds. The van der Waals surface area contributed by atoms with E-state index >= 15 is 0 Å². The zero-order chi connectivity index (χ0) is 18.8. The molecule has 1 unspecified atom stereocenters. The Hall–Kier alpha value is -3.14. The van der Waals surface area contributed by atoms with Crippen LogP contribution >= 0.6 is 0 Å². The van der Waals surface area contributed by atoms with Crippen LogP contribution in [-0.2, 0) is 20.0 Å². The van der Waals surface area contributed by atoms with Crippen LogP contribution < -0.4 is 17.2 Å². The lowest BCUT2D eigenvalue weighted by Crippen LogP contribution is -2.48. The zero-order valence-electron chi connectivity index (χ0n) is 12.7. The van der Waals surface area contributed by atoms with E-state index in [-0.39, 0.29) is 5.82 Å². The van der Waals surface area contributed by atoms with Gasteiger partial charge in [-0.15, -0.1) is 0 Å². The first-order valence-electron chi connectivity index (χ1n) is 6.86. The minimum Gasteiger partial charge on any atom is -0.506 e. The van der Waals surface area contributed by atoms with E-state index in [9.17, 15) is 25.1 Å². The van der Waals surface area contributed by atoms with Gasteiger partial charge >= 0.3 is 17.4 Å². The lowest BCUT2D eigenvalue weighted by molar-refractivity contribution is -0.147. The highest BCUT2D eigenvalue weighted by Gasteiger charge is 2.53. The number of nitrogens with two attached hydrogens (primary N) is 2. The van der Waals surface area contributed by atoms with E-state index in [2.05, 4.69) is 4.98 Å². The third kappa shape index (κ3) is 3.11. The van der Waals surface area contributed by atoms with E-state index in [1.807, 2.05) is 0 Å². The Labute approximate surface area is 140 Å². The van der Waals surface area contributed by atoms with Crippen LogP contribution in [0.1, 0.15) is 0 Å². The molecular weight excluding hydrogens is 338 g/mol. The molecule has 12 heteroatoms. The predicted octanol–water partition coefficient (Wildman–Crippen LogP) is -2.97. The number of nitriles is 1. The molecule has 0 spiro atoms. The number of ether oxygens (including phenoxy) is 2. The Kier molecular flexibility index (Phi) is 4.93. The highest BCUT2D eigenvalue weighted by molar-refractivity contribution is 5.75. The van der Waals surface area contributed by atoms with Crippen LogP contribution in [0.3, 0.4) is 0 Å². The molecule has 1 aliphatic heterocycles. The molecule has 0 aliphatic carbocycles. The number of nitrogen functional groups attached to an aromatic ring is 1. The summed E-state index contributed by atoms with van der Waals surface area (Å²) in [6.07, 6.45) is -0.901. The van der Waals surface area contributed by atoms with E-state index in [0.717, 1.165) is 6.20 Å². The van der Waals surface area contributed by atoms with Crippen LogP contribution in [0.25, 0.3) is 0 Å². The van der Waals surface area contributed by atoms with Crippen LogP contribution in [0.15, 0.2) is 28.6 Å². The monoisotopic (exact) mass is 353 g/mol. The fraction of sp³-hybridized carbons (Fsp3) is 0.385. The van der Waals surface area contributed by atoms with Crippen molar-refractivity contribution in [3.05, 3.63) is 34.3 Å². The summed E-state index contributed by atoms with van der Waals surface area (Å²) in [6.45, 7) is -1.35. The number of nitrogens with zero attached hydrogens (tertiary/aromatic N) is 3. The molecule has 0 fully saturated rings. The highest BCUT2D eigenvalue weighted by atomic mass is 16.6. The average molecular weight is 353 g/mol. The second-order valence-corrected chi connectivity index (χ2v) is 5.02. The van der Waals surface area contributed by atoms with Crippen molar-refractivity contribution in [2.45, 2.75) is 17.9 Å². The topological polar surface area (TPSA) is 207 Å². The molecule has 12 nitrogen and oxygen atoms in total. The van der Waals surface area contributed by atoms with Crippen LogP contribution in [0.2, 0.25) is 0 Å². The van der Waals surface area contributed by atoms with Crippen LogP contribution in [0.5, 0.6) is 0 Å². The maximum atomic E-state index is 11.9. The Morgan fingerprint density at radius 3 is 2.88 bits per heavy atom. The number of aromatic nitrogens is 2. The van der Waals surface area contributed by atoms with Gasteiger partial charge in [-0.05, 0) is 6.07 Å². The Morgan fingerprint density at radius 2 is 2.32 bits per heavy atom. The molecule has 1 aliphatic rings. The molecule has 1 aromatic heterocycles. The molecule has 0 saturated carbocycles. The molecule has 7 N–H and O–H groups in total. The third-order valence-electron chi connectivity index (χ3n) is 3.38. The molecule has 0 radical (unpaired) electrons. The van der Waals surface area contributed by atoms with Crippen LogP contribution in [0, 0.1) is 11.3 Å². The molecule has 0 aromatic carbocycles. The quantitative estimate of drug-likeness (QED) is 0.337. The normalized spacial score (nSPS) is 23.7. The van der Waals surface area contributed by atoms with Gasteiger partial charge in [-0.25, -0.2) is 9.36 Å². The van der Waals surface area contributed by atoms with Crippen molar-refractivity contribution in [1.29, 1.82) is 5.26 Å². The lowest BCUT2D eigenvalue weighted by Gasteiger charge is -2.26. The fourth-order valence-electron chi connectivity index (χ4n) is 2.04. The van der Waals surface area contributed by atoms with Gasteiger partial charge in [0.25, 0.3) is 0 Å². The fourth-order valence-corrected chi connectivity index (χ4v) is 2.04.